The number of hydrogen-bond acceptors (Lipinski definition) is 1. The van der Waals surface area contributed by atoms with Crippen molar-refractivity contribution in [3.8, 4) is 0 Å². The lowest BCUT2D eigenvalue weighted by Crippen LogP contribution is -2.35. The Labute approximate surface area is 95.8 Å². The zero-order valence-electron chi connectivity index (χ0n) is 11.1. The summed E-state index contributed by atoms with van der Waals surface area (Å²) in [6.07, 6.45) is 7.97. The summed E-state index contributed by atoms with van der Waals surface area (Å²) >= 11 is 0. The molecule has 0 aromatic rings. The normalized spacial score (nSPS) is 30.2. The van der Waals surface area contributed by atoms with E-state index in [1.807, 2.05) is 0 Å². The Morgan fingerprint density at radius 1 is 1.13 bits per heavy atom. The molecule has 1 aliphatic rings. The molecule has 0 heterocycles. The molecule has 0 amide bonds. The van der Waals surface area contributed by atoms with E-state index in [0.29, 0.717) is 11.5 Å². The van der Waals surface area contributed by atoms with Crippen LogP contribution in [0, 0.1) is 17.3 Å². The highest BCUT2D eigenvalue weighted by Crippen LogP contribution is 2.40. The molecule has 90 valence electrons. The van der Waals surface area contributed by atoms with Crippen molar-refractivity contribution >= 4 is 0 Å². The van der Waals surface area contributed by atoms with Crippen LogP contribution in [-0.4, -0.2) is 6.04 Å². The Hall–Kier alpha value is -0.0400. The van der Waals surface area contributed by atoms with Gasteiger partial charge in [0.25, 0.3) is 0 Å². The van der Waals surface area contributed by atoms with Crippen molar-refractivity contribution in [2.45, 2.75) is 72.3 Å². The van der Waals surface area contributed by atoms with Gasteiger partial charge in [0.2, 0.25) is 0 Å². The third-order valence-electron chi connectivity index (χ3n) is 4.22. The van der Waals surface area contributed by atoms with Gasteiger partial charge in [0.1, 0.15) is 0 Å². The van der Waals surface area contributed by atoms with Gasteiger partial charge in [-0.2, -0.15) is 0 Å². The molecule has 0 aliphatic heterocycles. The highest BCUT2D eigenvalue weighted by atomic mass is 14.6. The summed E-state index contributed by atoms with van der Waals surface area (Å²) < 4.78 is 0. The van der Waals surface area contributed by atoms with Crippen LogP contribution in [-0.2, 0) is 0 Å². The van der Waals surface area contributed by atoms with Gasteiger partial charge in [-0.25, -0.2) is 0 Å². The molecule has 1 aliphatic carbocycles. The van der Waals surface area contributed by atoms with E-state index < -0.39 is 0 Å². The van der Waals surface area contributed by atoms with Gasteiger partial charge in [0.05, 0.1) is 0 Å². The first kappa shape index (κ1) is 13.0. The first-order chi connectivity index (χ1) is 6.95. The fraction of sp³-hybridized carbons (Fsp3) is 1.00. The maximum Gasteiger partial charge on any atom is 0.00670 e. The maximum atomic E-state index is 6.21. The van der Waals surface area contributed by atoms with E-state index in [1.165, 1.54) is 38.5 Å². The summed E-state index contributed by atoms with van der Waals surface area (Å²) in [5, 5.41) is 0. The average molecular weight is 211 g/mol. The minimum absolute atomic E-state index is 0.468. The fourth-order valence-electron chi connectivity index (χ4n) is 2.98. The molecule has 1 saturated carbocycles. The van der Waals surface area contributed by atoms with E-state index in [4.69, 9.17) is 5.73 Å². The summed E-state index contributed by atoms with van der Waals surface area (Å²) in [6.45, 7) is 9.37. The Morgan fingerprint density at radius 3 is 2.07 bits per heavy atom. The van der Waals surface area contributed by atoms with Crippen molar-refractivity contribution in [3.63, 3.8) is 0 Å². The van der Waals surface area contributed by atoms with Gasteiger partial charge in [-0.3, -0.25) is 0 Å². The lowest BCUT2D eigenvalue weighted by molar-refractivity contribution is 0.138. The molecule has 1 atom stereocenters. The van der Waals surface area contributed by atoms with Crippen LogP contribution >= 0.6 is 0 Å². The third kappa shape index (κ3) is 3.79. The zero-order chi connectivity index (χ0) is 11.5. The Morgan fingerprint density at radius 2 is 1.67 bits per heavy atom. The van der Waals surface area contributed by atoms with E-state index in [1.54, 1.807) is 0 Å². The van der Waals surface area contributed by atoms with Crippen molar-refractivity contribution in [1.82, 2.24) is 0 Å². The summed E-state index contributed by atoms with van der Waals surface area (Å²) in [7, 11) is 0. The van der Waals surface area contributed by atoms with E-state index in [-0.39, 0.29) is 0 Å². The van der Waals surface area contributed by atoms with Gasteiger partial charge in [0.15, 0.2) is 0 Å². The topological polar surface area (TPSA) is 26.0 Å². The van der Waals surface area contributed by atoms with Crippen LogP contribution in [0.1, 0.15) is 66.2 Å². The SMILES string of the molecule is CCC[C@@H](N)C1CCC(C(C)(C)C)CC1. The van der Waals surface area contributed by atoms with Crippen molar-refractivity contribution in [2.75, 3.05) is 0 Å². The summed E-state index contributed by atoms with van der Waals surface area (Å²) in [6, 6.07) is 0.468. The molecule has 1 fully saturated rings. The van der Waals surface area contributed by atoms with Crippen molar-refractivity contribution in [2.24, 2.45) is 23.0 Å². The Kier molecular flexibility index (Phi) is 4.64. The second kappa shape index (κ2) is 5.34. The summed E-state index contributed by atoms with van der Waals surface area (Å²) in [5.74, 6) is 1.73. The molecule has 0 radical (unpaired) electrons. The van der Waals surface area contributed by atoms with Crippen LogP contribution in [0.5, 0.6) is 0 Å². The zero-order valence-corrected chi connectivity index (χ0v) is 11.1. The van der Waals surface area contributed by atoms with E-state index in [9.17, 15) is 0 Å². The van der Waals surface area contributed by atoms with Crippen molar-refractivity contribution in [3.05, 3.63) is 0 Å². The van der Waals surface area contributed by atoms with Gasteiger partial charge in [-0.15, -0.1) is 0 Å². The number of rotatable bonds is 3. The van der Waals surface area contributed by atoms with Gasteiger partial charge in [0, 0.05) is 6.04 Å². The van der Waals surface area contributed by atoms with Crippen LogP contribution in [0.4, 0.5) is 0 Å². The molecule has 1 heteroatoms. The molecule has 1 rings (SSSR count). The van der Waals surface area contributed by atoms with Crippen LogP contribution < -0.4 is 5.73 Å². The molecule has 0 bridgehead atoms. The van der Waals surface area contributed by atoms with Crippen LogP contribution in [0.3, 0.4) is 0 Å². The molecule has 1 nitrogen and oxygen atoms in total. The molecular weight excluding hydrogens is 182 g/mol. The lowest BCUT2D eigenvalue weighted by Gasteiger charge is -2.38. The second-order valence-electron chi connectivity index (χ2n) is 6.43. The highest BCUT2D eigenvalue weighted by Gasteiger charge is 2.31. The predicted octanol–water partition coefficient (Wildman–Crippen LogP) is 3.97. The van der Waals surface area contributed by atoms with E-state index in [0.717, 1.165) is 11.8 Å². The maximum absolute atomic E-state index is 6.21. The monoisotopic (exact) mass is 211 g/mol. The van der Waals surface area contributed by atoms with Crippen molar-refractivity contribution < 1.29 is 0 Å². The molecule has 0 spiro atoms. The van der Waals surface area contributed by atoms with Crippen LogP contribution in [0.25, 0.3) is 0 Å². The minimum atomic E-state index is 0.468. The molecule has 0 unspecified atom stereocenters. The lowest BCUT2D eigenvalue weighted by atomic mass is 9.68. The number of hydrogen-bond donors (Lipinski definition) is 1. The van der Waals surface area contributed by atoms with Gasteiger partial charge >= 0.3 is 0 Å². The Bertz CT molecular complexity index is 172. The molecule has 0 aromatic carbocycles. The largest absolute Gasteiger partial charge is 0.327 e. The standard InChI is InChI=1S/C14H29N/c1-5-6-13(15)11-7-9-12(10-8-11)14(2,3)4/h11-13H,5-10,15H2,1-4H3/t11?,12?,13-/m1/s1. The molecular formula is C14H29N. The third-order valence-corrected chi connectivity index (χ3v) is 4.22. The van der Waals surface area contributed by atoms with Gasteiger partial charge in [-0.1, -0.05) is 34.1 Å². The highest BCUT2D eigenvalue weighted by molar-refractivity contribution is 4.84. The van der Waals surface area contributed by atoms with Crippen molar-refractivity contribution in [1.29, 1.82) is 0 Å². The first-order valence-electron chi connectivity index (χ1n) is 6.70. The molecule has 15 heavy (non-hydrogen) atoms. The van der Waals surface area contributed by atoms with Crippen LogP contribution in [0.2, 0.25) is 0 Å². The fourth-order valence-corrected chi connectivity index (χ4v) is 2.98. The van der Waals surface area contributed by atoms with Gasteiger partial charge in [-0.05, 0) is 49.4 Å². The van der Waals surface area contributed by atoms with Gasteiger partial charge < -0.3 is 5.73 Å². The van der Waals surface area contributed by atoms with E-state index in [2.05, 4.69) is 27.7 Å². The van der Waals surface area contributed by atoms with E-state index >= 15 is 0 Å². The summed E-state index contributed by atoms with van der Waals surface area (Å²) in [4.78, 5) is 0. The second-order valence-corrected chi connectivity index (χ2v) is 6.43. The summed E-state index contributed by atoms with van der Waals surface area (Å²) in [5.41, 5.74) is 6.71. The molecule has 2 N–H and O–H groups in total. The quantitative estimate of drug-likeness (QED) is 0.751. The molecule has 0 aromatic heterocycles. The Balaban J connectivity index is 2.36. The van der Waals surface area contributed by atoms with Crippen LogP contribution in [0.15, 0.2) is 0 Å². The predicted molar refractivity (Wildman–Crippen MR) is 67.8 cm³/mol. The number of nitrogens with two attached hydrogens (primary N) is 1. The molecule has 0 saturated heterocycles. The smallest absolute Gasteiger partial charge is 0.00670 e. The minimum Gasteiger partial charge on any atom is -0.327 e. The average Bonchev–Trinajstić information content (AvgIpc) is 2.17. The first-order valence-corrected chi connectivity index (χ1v) is 6.70.